The largest absolute Gasteiger partial charge is 0.352 e. The van der Waals surface area contributed by atoms with E-state index in [1.54, 1.807) is 6.20 Å². The minimum absolute atomic E-state index is 0.0871. The van der Waals surface area contributed by atoms with Crippen LogP contribution in [-0.4, -0.2) is 23.5 Å². The number of aryl methyl sites for hydroxylation is 1. The normalized spacial score (nSPS) is 14.8. The highest BCUT2D eigenvalue weighted by Gasteiger charge is 2.22. The van der Waals surface area contributed by atoms with Crippen molar-refractivity contribution in [2.75, 3.05) is 6.54 Å². The van der Waals surface area contributed by atoms with Crippen molar-refractivity contribution in [3.05, 3.63) is 29.6 Å². The Morgan fingerprint density at radius 2 is 2.38 bits per heavy atom. The van der Waals surface area contributed by atoms with Crippen molar-refractivity contribution >= 4 is 5.91 Å². The van der Waals surface area contributed by atoms with Crippen LogP contribution in [0.3, 0.4) is 0 Å². The fourth-order valence-corrected chi connectivity index (χ4v) is 1.50. The van der Waals surface area contributed by atoms with E-state index < -0.39 is 0 Å². The van der Waals surface area contributed by atoms with Crippen LogP contribution in [0.25, 0.3) is 0 Å². The predicted octanol–water partition coefficient (Wildman–Crippen LogP) is 0.758. The second kappa shape index (κ2) is 5.07. The number of hydrogen-bond donors (Lipinski definition) is 2. The molecule has 0 aromatic carbocycles. The van der Waals surface area contributed by atoms with E-state index in [1.165, 1.54) is 5.56 Å². The maximum atomic E-state index is 11.4. The average Bonchev–Trinajstić information content (AvgIpc) is 3.05. The van der Waals surface area contributed by atoms with Gasteiger partial charge in [-0.2, -0.15) is 0 Å². The van der Waals surface area contributed by atoms with Gasteiger partial charge in [-0.1, -0.05) is 0 Å². The number of nitrogens with zero attached hydrogens (tertiary/aromatic N) is 1. The van der Waals surface area contributed by atoms with Crippen LogP contribution in [0.15, 0.2) is 18.5 Å². The molecule has 1 aromatic heterocycles. The maximum Gasteiger partial charge on any atom is 0.234 e. The van der Waals surface area contributed by atoms with Crippen LogP contribution in [0.2, 0.25) is 0 Å². The van der Waals surface area contributed by atoms with Gasteiger partial charge in [0.2, 0.25) is 5.91 Å². The summed E-state index contributed by atoms with van der Waals surface area (Å²) < 4.78 is 0. The first-order valence-corrected chi connectivity index (χ1v) is 5.65. The van der Waals surface area contributed by atoms with Crippen LogP contribution in [-0.2, 0) is 11.3 Å². The summed E-state index contributed by atoms with van der Waals surface area (Å²) in [5.74, 6) is 0.0871. The summed E-state index contributed by atoms with van der Waals surface area (Å²) in [6.45, 7) is 3.12. The van der Waals surface area contributed by atoms with Gasteiger partial charge in [-0.3, -0.25) is 9.78 Å². The molecule has 16 heavy (non-hydrogen) atoms. The molecule has 1 fully saturated rings. The fraction of sp³-hybridized carbons (Fsp3) is 0.500. The molecule has 0 spiro atoms. The fourth-order valence-electron chi connectivity index (χ4n) is 1.50. The second-order valence-corrected chi connectivity index (χ2v) is 4.25. The molecule has 1 aliphatic rings. The molecule has 4 heteroatoms. The first-order valence-electron chi connectivity index (χ1n) is 5.65. The Kier molecular flexibility index (Phi) is 3.51. The van der Waals surface area contributed by atoms with Crippen molar-refractivity contribution in [3.8, 4) is 0 Å². The lowest BCUT2D eigenvalue weighted by atomic mass is 10.1. The zero-order valence-electron chi connectivity index (χ0n) is 9.49. The zero-order chi connectivity index (χ0) is 11.4. The highest BCUT2D eigenvalue weighted by Crippen LogP contribution is 2.18. The molecule has 0 radical (unpaired) electrons. The van der Waals surface area contributed by atoms with Gasteiger partial charge in [-0.15, -0.1) is 0 Å². The van der Waals surface area contributed by atoms with Gasteiger partial charge in [0.05, 0.1) is 6.54 Å². The molecule has 1 amide bonds. The molecule has 4 nitrogen and oxygen atoms in total. The van der Waals surface area contributed by atoms with E-state index in [2.05, 4.69) is 15.6 Å². The quantitative estimate of drug-likeness (QED) is 0.768. The molecule has 1 aliphatic carbocycles. The van der Waals surface area contributed by atoms with Crippen LogP contribution >= 0.6 is 0 Å². The second-order valence-electron chi connectivity index (χ2n) is 4.25. The third kappa shape index (κ3) is 3.31. The van der Waals surface area contributed by atoms with E-state index in [1.807, 2.05) is 19.2 Å². The van der Waals surface area contributed by atoms with E-state index in [-0.39, 0.29) is 5.91 Å². The van der Waals surface area contributed by atoms with Crippen molar-refractivity contribution < 1.29 is 4.79 Å². The number of nitrogens with one attached hydrogen (secondary N) is 2. The van der Waals surface area contributed by atoms with Crippen LogP contribution in [0.5, 0.6) is 0 Å². The first-order chi connectivity index (χ1) is 7.75. The topological polar surface area (TPSA) is 54.0 Å². The number of carbonyl (C=O) groups is 1. The molecule has 86 valence electrons. The van der Waals surface area contributed by atoms with Crippen molar-refractivity contribution in [3.63, 3.8) is 0 Å². The average molecular weight is 219 g/mol. The van der Waals surface area contributed by atoms with Gasteiger partial charge in [0.1, 0.15) is 0 Å². The summed E-state index contributed by atoms with van der Waals surface area (Å²) in [5.41, 5.74) is 2.34. The van der Waals surface area contributed by atoms with E-state index in [0.29, 0.717) is 19.1 Å². The summed E-state index contributed by atoms with van der Waals surface area (Å²) in [6, 6.07) is 2.41. The third-order valence-electron chi connectivity index (χ3n) is 2.69. The van der Waals surface area contributed by atoms with Crippen LogP contribution in [0, 0.1) is 6.92 Å². The molecule has 0 atom stereocenters. The summed E-state index contributed by atoms with van der Waals surface area (Å²) in [4.78, 5) is 15.4. The molecule has 2 rings (SSSR count). The van der Waals surface area contributed by atoms with Crippen molar-refractivity contribution in [1.29, 1.82) is 0 Å². The predicted molar refractivity (Wildman–Crippen MR) is 61.8 cm³/mol. The molecule has 0 unspecified atom stereocenters. The van der Waals surface area contributed by atoms with E-state index in [9.17, 15) is 4.79 Å². The van der Waals surface area contributed by atoms with Gasteiger partial charge in [0, 0.05) is 25.0 Å². The van der Waals surface area contributed by atoms with E-state index in [0.717, 1.165) is 18.4 Å². The summed E-state index contributed by atoms with van der Waals surface area (Å²) in [7, 11) is 0. The van der Waals surface area contributed by atoms with E-state index >= 15 is 0 Å². The van der Waals surface area contributed by atoms with Gasteiger partial charge in [0.15, 0.2) is 0 Å². The lowest BCUT2D eigenvalue weighted by Crippen LogP contribution is -2.34. The Morgan fingerprint density at radius 3 is 3.06 bits per heavy atom. The van der Waals surface area contributed by atoms with Crippen LogP contribution in [0.4, 0.5) is 0 Å². The van der Waals surface area contributed by atoms with Gasteiger partial charge in [-0.25, -0.2) is 0 Å². The van der Waals surface area contributed by atoms with Crippen molar-refractivity contribution in [2.45, 2.75) is 32.4 Å². The molecule has 1 saturated carbocycles. The maximum absolute atomic E-state index is 11.4. The lowest BCUT2D eigenvalue weighted by molar-refractivity contribution is -0.120. The van der Waals surface area contributed by atoms with Gasteiger partial charge < -0.3 is 10.6 Å². The summed E-state index contributed by atoms with van der Waals surface area (Å²) in [6.07, 6.45) is 5.88. The number of rotatable bonds is 5. The minimum atomic E-state index is 0.0871. The third-order valence-corrected chi connectivity index (χ3v) is 2.69. The van der Waals surface area contributed by atoms with Crippen molar-refractivity contribution in [2.24, 2.45) is 0 Å². The summed E-state index contributed by atoms with van der Waals surface area (Å²) >= 11 is 0. The van der Waals surface area contributed by atoms with Gasteiger partial charge >= 0.3 is 0 Å². The zero-order valence-corrected chi connectivity index (χ0v) is 9.49. The minimum Gasteiger partial charge on any atom is -0.352 e. The van der Waals surface area contributed by atoms with Crippen LogP contribution < -0.4 is 10.6 Å². The highest BCUT2D eigenvalue weighted by atomic mass is 16.2. The molecule has 1 aromatic rings. The Labute approximate surface area is 95.5 Å². The highest BCUT2D eigenvalue weighted by molar-refractivity contribution is 5.78. The lowest BCUT2D eigenvalue weighted by Gasteiger charge is -2.07. The SMILES string of the molecule is Cc1ccncc1CNCC(=O)NC1CC1. The number of amides is 1. The van der Waals surface area contributed by atoms with Crippen molar-refractivity contribution in [1.82, 2.24) is 15.6 Å². The standard InChI is InChI=1S/C12H17N3O/c1-9-4-5-13-6-10(9)7-14-8-12(16)15-11-2-3-11/h4-6,11,14H,2-3,7-8H2,1H3,(H,15,16). The smallest absolute Gasteiger partial charge is 0.234 e. The first kappa shape index (κ1) is 11.1. The Bertz CT molecular complexity index is 374. The molecule has 0 saturated heterocycles. The van der Waals surface area contributed by atoms with E-state index in [4.69, 9.17) is 0 Å². The number of carbonyl (C=O) groups excluding carboxylic acids is 1. The monoisotopic (exact) mass is 219 g/mol. The number of pyridine rings is 1. The van der Waals surface area contributed by atoms with Gasteiger partial charge in [0.25, 0.3) is 0 Å². The molecular weight excluding hydrogens is 202 g/mol. The summed E-state index contributed by atoms with van der Waals surface area (Å²) in [5, 5.41) is 6.06. The molecule has 1 heterocycles. The molecular formula is C12H17N3O. The number of aromatic nitrogens is 1. The number of hydrogen-bond acceptors (Lipinski definition) is 3. The van der Waals surface area contributed by atoms with Gasteiger partial charge in [-0.05, 0) is 37.0 Å². The Morgan fingerprint density at radius 1 is 1.56 bits per heavy atom. The Hall–Kier alpha value is -1.42. The Balaban J connectivity index is 1.70. The molecule has 2 N–H and O–H groups in total. The molecule has 0 aliphatic heterocycles. The molecule has 0 bridgehead atoms. The van der Waals surface area contributed by atoms with Crippen LogP contribution in [0.1, 0.15) is 24.0 Å².